The van der Waals surface area contributed by atoms with Crippen molar-refractivity contribution in [3.05, 3.63) is 84.2 Å². The predicted molar refractivity (Wildman–Crippen MR) is 123 cm³/mol. The zero-order chi connectivity index (χ0) is 22.3. The Labute approximate surface area is 186 Å². The molecule has 8 nitrogen and oxygen atoms in total. The van der Waals surface area contributed by atoms with Gasteiger partial charge in [-0.05, 0) is 48.5 Å². The van der Waals surface area contributed by atoms with Gasteiger partial charge in [0.25, 0.3) is 5.91 Å². The van der Waals surface area contributed by atoms with E-state index < -0.39 is 6.09 Å². The van der Waals surface area contributed by atoms with Gasteiger partial charge >= 0.3 is 6.09 Å². The molecule has 0 radical (unpaired) electrons. The minimum atomic E-state index is -0.449. The summed E-state index contributed by atoms with van der Waals surface area (Å²) in [6.07, 6.45) is 1.79. The van der Waals surface area contributed by atoms with Gasteiger partial charge in [-0.2, -0.15) is 0 Å². The lowest BCUT2D eigenvalue weighted by molar-refractivity contribution is 0.102. The van der Waals surface area contributed by atoms with E-state index in [2.05, 4.69) is 20.5 Å². The molecule has 1 atom stereocenters. The normalized spacial score (nSPS) is 15.2. The summed E-state index contributed by atoms with van der Waals surface area (Å²) in [6, 6.07) is 20.0. The van der Waals surface area contributed by atoms with Crippen LogP contribution in [0.3, 0.4) is 0 Å². The molecule has 3 aromatic rings. The van der Waals surface area contributed by atoms with Crippen molar-refractivity contribution in [3.8, 4) is 0 Å². The van der Waals surface area contributed by atoms with Crippen LogP contribution in [-0.4, -0.2) is 36.2 Å². The number of carbonyl (C=O) groups excluding carboxylic acids is 2. The van der Waals surface area contributed by atoms with Crippen LogP contribution >= 0.6 is 0 Å². The van der Waals surface area contributed by atoms with Crippen LogP contribution in [0.25, 0.3) is 0 Å². The van der Waals surface area contributed by atoms with Crippen molar-refractivity contribution < 1.29 is 14.3 Å². The first-order valence-electron chi connectivity index (χ1n) is 10.4. The van der Waals surface area contributed by atoms with Gasteiger partial charge in [0.05, 0.1) is 30.2 Å². The van der Waals surface area contributed by atoms with E-state index in [4.69, 9.17) is 10.5 Å². The molecule has 2 amide bonds. The van der Waals surface area contributed by atoms with Crippen LogP contribution in [0.2, 0.25) is 0 Å². The van der Waals surface area contributed by atoms with E-state index in [0.29, 0.717) is 30.0 Å². The van der Waals surface area contributed by atoms with E-state index in [1.54, 1.807) is 30.5 Å². The number of ether oxygens (including phenoxy) is 1. The number of pyridine rings is 1. The molecular weight excluding hydrogens is 406 g/mol. The van der Waals surface area contributed by atoms with E-state index in [0.717, 1.165) is 24.3 Å². The molecule has 164 valence electrons. The molecule has 8 heteroatoms. The van der Waals surface area contributed by atoms with E-state index in [9.17, 15) is 9.59 Å². The molecular formula is C24H25N5O3. The number of para-hydroxylation sites is 2. The summed E-state index contributed by atoms with van der Waals surface area (Å²) in [6.45, 7) is 1.70. The number of nitrogens with two attached hydrogens (primary N) is 1. The summed E-state index contributed by atoms with van der Waals surface area (Å²) in [5.74, 6) is -0.221. The summed E-state index contributed by atoms with van der Waals surface area (Å²) in [5, 5.41) is 5.55. The number of aromatic nitrogens is 1. The minimum absolute atomic E-state index is 0.192. The lowest BCUT2D eigenvalue weighted by Gasteiger charge is -2.19. The Morgan fingerprint density at radius 1 is 1.06 bits per heavy atom. The largest absolute Gasteiger partial charge is 0.444 e. The Kier molecular flexibility index (Phi) is 6.50. The van der Waals surface area contributed by atoms with Gasteiger partial charge in [0.15, 0.2) is 0 Å². The minimum Gasteiger partial charge on any atom is -0.444 e. The smallest absolute Gasteiger partial charge is 0.407 e. The topological polar surface area (TPSA) is 110 Å². The van der Waals surface area contributed by atoms with E-state index in [1.165, 1.54) is 0 Å². The average molecular weight is 431 g/mol. The Morgan fingerprint density at radius 2 is 1.84 bits per heavy atom. The Hall–Kier alpha value is -4.07. The highest BCUT2D eigenvalue weighted by Crippen LogP contribution is 2.23. The van der Waals surface area contributed by atoms with Gasteiger partial charge in [-0.15, -0.1) is 0 Å². The lowest BCUT2D eigenvalue weighted by Crippen LogP contribution is -2.30. The fraction of sp³-hybridized carbons (Fsp3) is 0.208. The van der Waals surface area contributed by atoms with Crippen molar-refractivity contribution in [3.63, 3.8) is 0 Å². The van der Waals surface area contributed by atoms with Crippen LogP contribution < -0.4 is 21.3 Å². The Morgan fingerprint density at radius 3 is 2.59 bits per heavy atom. The lowest BCUT2D eigenvalue weighted by atomic mass is 10.1. The number of hydrogen-bond donors (Lipinski definition) is 3. The van der Waals surface area contributed by atoms with Crippen molar-refractivity contribution in [1.29, 1.82) is 0 Å². The maximum Gasteiger partial charge on any atom is 0.407 e. The van der Waals surface area contributed by atoms with Crippen molar-refractivity contribution in [1.82, 2.24) is 10.3 Å². The number of nitrogen functional groups attached to an aromatic ring is 1. The first-order chi connectivity index (χ1) is 15.6. The number of carbonyl (C=O) groups is 2. The zero-order valence-electron chi connectivity index (χ0n) is 17.5. The molecule has 1 saturated heterocycles. The van der Waals surface area contributed by atoms with Crippen LogP contribution in [0.5, 0.6) is 0 Å². The van der Waals surface area contributed by atoms with Gasteiger partial charge < -0.3 is 26.0 Å². The molecule has 4 rings (SSSR count). The predicted octanol–water partition coefficient (Wildman–Crippen LogP) is 3.42. The fourth-order valence-corrected chi connectivity index (χ4v) is 3.55. The molecule has 4 N–H and O–H groups in total. The standard InChI is InChI=1S/C24H25N5O3/c25-21-6-1-2-7-22(21)28-23(30)17-8-10-19(11-9-17)29-14-12-20(16-29)32-24(31)27-15-18-5-3-4-13-26-18/h1-11,13,20H,12,14-16,25H2,(H,27,31)(H,28,30). The Balaban J connectivity index is 1.27. The number of benzene rings is 2. The number of amides is 2. The fourth-order valence-electron chi connectivity index (χ4n) is 3.55. The summed E-state index contributed by atoms with van der Waals surface area (Å²) in [7, 11) is 0. The number of nitrogens with zero attached hydrogens (tertiary/aromatic N) is 2. The number of hydrogen-bond acceptors (Lipinski definition) is 6. The maximum absolute atomic E-state index is 12.5. The van der Waals surface area contributed by atoms with Gasteiger partial charge in [-0.1, -0.05) is 18.2 Å². The molecule has 2 aromatic carbocycles. The SMILES string of the molecule is Nc1ccccc1NC(=O)c1ccc(N2CCC(OC(=O)NCc3ccccn3)C2)cc1. The highest BCUT2D eigenvalue weighted by molar-refractivity contribution is 6.05. The molecule has 0 aliphatic carbocycles. The van der Waals surface area contributed by atoms with E-state index in [-0.39, 0.29) is 12.0 Å². The summed E-state index contributed by atoms with van der Waals surface area (Å²) in [4.78, 5) is 30.9. The van der Waals surface area contributed by atoms with Gasteiger partial charge in [-0.25, -0.2) is 4.79 Å². The quantitative estimate of drug-likeness (QED) is 0.516. The van der Waals surface area contributed by atoms with Gasteiger partial charge in [0, 0.05) is 30.4 Å². The Bertz CT molecular complexity index is 1070. The molecule has 1 fully saturated rings. The number of nitrogens with one attached hydrogen (secondary N) is 2. The van der Waals surface area contributed by atoms with Crippen LogP contribution in [-0.2, 0) is 11.3 Å². The second-order valence-electron chi connectivity index (χ2n) is 7.52. The van der Waals surface area contributed by atoms with Crippen molar-refractivity contribution in [2.24, 2.45) is 0 Å². The molecule has 0 bridgehead atoms. The second-order valence-corrected chi connectivity index (χ2v) is 7.52. The number of anilines is 3. The first-order valence-corrected chi connectivity index (χ1v) is 10.4. The molecule has 1 unspecified atom stereocenters. The third-order valence-electron chi connectivity index (χ3n) is 5.26. The molecule has 1 aromatic heterocycles. The molecule has 32 heavy (non-hydrogen) atoms. The van der Waals surface area contributed by atoms with E-state index >= 15 is 0 Å². The van der Waals surface area contributed by atoms with Crippen molar-refractivity contribution >= 4 is 29.1 Å². The van der Waals surface area contributed by atoms with Gasteiger partial charge in [0.2, 0.25) is 0 Å². The van der Waals surface area contributed by atoms with Crippen LogP contribution in [0.4, 0.5) is 21.9 Å². The van der Waals surface area contributed by atoms with Crippen molar-refractivity contribution in [2.45, 2.75) is 19.1 Å². The molecule has 1 aliphatic rings. The summed E-state index contributed by atoms with van der Waals surface area (Å²) in [5.41, 5.74) is 9.28. The van der Waals surface area contributed by atoms with Crippen LogP contribution in [0.1, 0.15) is 22.5 Å². The van der Waals surface area contributed by atoms with Gasteiger partial charge in [0.1, 0.15) is 6.10 Å². The molecule has 0 saturated carbocycles. The highest BCUT2D eigenvalue weighted by Gasteiger charge is 2.26. The molecule has 0 spiro atoms. The van der Waals surface area contributed by atoms with Crippen LogP contribution in [0, 0.1) is 0 Å². The zero-order valence-corrected chi connectivity index (χ0v) is 17.5. The first kappa shape index (κ1) is 21.2. The average Bonchev–Trinajstić information content (AvgIpc) is 3.28. The third kappa shape index (κ3) is 5.34. The summed E-state index contributed by atoms with van der Waals surface area (Å²) < 4.78 is 5.53. The van der Waals surface area contributed by atoms with Crippen LogP contribution in [0.15, 0.2) is 72.9 Å². The second kappa shape index (κ2) is 9.82. The molecule has 1 aliphatic heterocycles. The number of alkyl carbamates (subject to hydrolysis) is 1. The summed E-state index contributed by atoms with van der Waals surface area (Å²) >= 11 is 0. The highest BCUT2D eigenvalue weighted by atomic mass is 16.6. The molecule has 2 heterocycles. The number of rotatable bonds is 6. The van der Waals surface area contributed by atoms with E-state index in [1.807, 2.05) is 42.5 Å². The van der Waals surface area contributed by atoms with Crippen molar-refractivity contribution in [2.75, 3.05) is 29.0 Å². The van der Waals surface area contributed by atoms with Gasteiger partial charge in [-0.3, -0.25) is 9.78 Å². The third-order valence-corrected chi connectivity index (χ3v) is 5.26. The monoisotopic (exact) mass is 431 g/mol. The maximum atomic E-state index is 12.5.